The van der Waals surface area contributed by atoms with Gasteiger partial charge in [0, 0.05) is 30.0 Å². The van der Waals surface area contributed by atoms with Crippen molar-refractivity contribution in [1.29, 1.82) is 0 Å². The molecule has 1 aliphatic heterocycles. The predicted molar refractivity (Wildman–Crippen MR) is 81.7 cm³/mol. The lowest BCUT2D eigenvalue weighted by Gasteiger charge is -2.37. The third kappa shape index (κ3) is 2.65. The highest BCUT2D eigenvalue weighted by Crippen LogP contribution is 2.43. The molecule has 3 rings (SSSR count). The van der Waals surface area contributed by atoms with E-state index in [1.165, 1.54) is 5.56 Å². The number of hydrogen-bond donors (Lipinski definition) is 1. The Kier molecular flexibility index (Phi) is 3.23. The summed E-state index contributed by atoms with van der Waals surface area (Å²) in [5.74, 6) is 0.120. The second-order valence-corrected chi connectivity index (χ2v) is 7.05. The zero-order valence-corrected chi connectivity index (χ0v) is 12.8. The molecule has 0 bridgehead atoms. The lowest BCUT2D eigenvalue weighted by molar-refractivity contribution is -0.122. The fraction of sp³-hybridized carbons (Fsp3) is 0.444. The van der Waals surface area contributed by atoms with Crippen LogP contribution < -0.4 is 5.32 Å². The number of amides is 1. The van der Waals surface area contributed by atoms with Gasteiger partial charge in [0.25, 0.3) is 0 Å². The van der Waals surface area contributed by atoms with E-state index in [2.05, 4.69) is 19.2 Å². The minimum Gasteiger partial charge on any atom is -0.329 e. The van der Waals surface area contributed by atoms with Crippen LogP contribution in [0.3, 0.4) is 0 Å². The lowest BCUT2D eigenvalue weighted by atomic mass is 9.70. The van der Waals surface area contributed by atoms with E-state index >= 15 is 0 Å². The standard InChI is InChI=1S/C18H21NO2/c1-11-4-6-12(7-5-11)13-8-16(21)19-14-9-18(2,3)10-15(20)17(13)14/h4-7,13H,8-10H2,1-3H3,(H,19,21)/t13-/m0/s1. The van der Waals surface area contributed by atoms with Gasteiger partial charge in [0.1, 0.15) is 0 Å². The molecule has 1 atom stereocenters. The smallest absolute Gasteiger partial charge is 0.225 e. The molecule has 3 nitrogen and oxygen atoms in total. The second-order valence-electron chi connectivity index (χ2n) is 7.05. The molecule has 0 fully saturated rings. The number of aryl methyl sites for hydroxylation is 1. The number of rotatable bonds is 1. The molecule has 3 heteroatoms. The van der Waals surface area contributed by atoms with E-state index in [-0.39, 0.29) is 23.0 Å². The van der Waals surface area contributed by atoms with Gasteiger partial charge in [-0.2, -0.15) is 0 Å². The molecule has 1 heterocycles. The highest BCUT2D eigenvalue weighted by atomic mass is 16.2. The van der Waals surface area contributed by atoms with Gasteiger partial charge in [-0.15, -0.1) is 0 Å². The number of ketones is 1. The summed E-state index contributed by atoms with van der Waals surface area (Å²) < 4.78 is 0. The number of allylic oxidation sites excluding steroid dienone is 2. The van der Waals surface area contributed by atoms with Crippen LogP contribution >= 0.6 is 0 Å². The van der Waals surface area contributed by atoms with Crippen LogP contribution in [-0.2, 0) is 9.59 Å². The molecular weight excluding hydrogens is 262 g/mol. The number of Topliss-reactive ketones (excluding diaryl/α,β-unsaturated/α-hetero) is 1. The first-order valence-corrected chi connectivity index (χ1v) is 7.48. The van der Waals surface area contributed by atoms with Crippen LogP contribution in [0.25, 0.3) is 0 Å². The van der Waals surface area contributed by atoms with Crippen molar-refractivity contribution in [3.63, 3.8) is 0 Å². The zero-order chi connectivity index (χ0) is 15.2. The number of hydrogen-bond acceptors (Lipinski definition) is 2. The summed E-state index contributed by atoms with van der Waals surface area (Å²) >= 11 is 0. The molecule has 0 saturated carbocycles. The van der Waals surface area contributed by atoms with Gasteiger partial charge >= 0.3 is 0 Å². The van der Waals surface area contributed by atoms with Gasteiger partial charge in [0.05, 0.1) is 0 Å². The van der Waals surface area contributed by atoms with Crippen molar-refractivity contribution in [1.82, 2.24) is 5.32 Å². The van der Waals surface area contributed by atoms with Gasteiger partial charge in [-0.25, -0.2) is 0 Å². The van der Waals surface area contributed by atoms with Gasteiger partial charge in [0.2, 0.25) is 5.91 Å². The Bertz CT molecular complexity index is 638. The Morgan fingerprint density at radius 2 is 1.76 bits per heavy atom. The maximum atomic E-state index is 12.6. The summed E-state index contributed by atoms with van der Waals surface area (Å²) in [5.41, 5.74) is 3.86. The molecular formula is C18H21NO2. The topological polar surface area (TPSA) is 46.2 Å². The van der Waals surface area contributed by atoms with Crippen LogP contribution in [-0.4, -0.2) is 11.7 Å². The SMILES string of the molecule is Cc1ccc([C@@H]2CC(=O)NC3=C2C(=O)CC(C)(C)C3)cc1. The van der Waals surface area contributed by atoms with Crippen molar-refractivity contribution in [2.24, 2.45) is 5.41 Å². The Morgan fingerprint density at radius 3 is 2.43 bits per heavy atom. The van der Waals surface area contributed by atoms with Crippen molar-refractivity contribution >= 4 is 11.7 Å². The molecule has 1 N–H and O–H groups in total. The summed E-state index contributed by atoms with van der Waals surface area (Å²) in [5, 5.41) is 2.94. The highest BCUT2D eigenvalue weighted by molar-refractivity contribution is 6.02. The van der Waals surface area contributed by atoms with E-state index in [0.29, 0.717) is 12.8 Å². The monoisotopic (exact) mass is 283 g/mol. The molecule has 0 spiro atoms. The third-order valence-corrected chi connectivity index (χ3v) is 4.43. The first-order chi connectivity index (χ1) is 9.85. The highest BCUT2D eigenvalue weighted by Gasteiger charge is 2.40. The van der Waals surface area contributed by atoms with Crippen molar-refractivity contribution in [2.45, 2.75) is 46.0 Å². The molecule has 21 heavy (non-hydrogen) atoms. The maximum Gasteiger partial charge on any atom is 0.225 e. The predicted octanol–water partition coefficient (Wildman–Crippen LogP) is 3.24. The van der Waals surface area contributed by atoms with Crippen molar-refractivity contribution in [3.8, 4) is 0 Å². The lowest BCUT2D eigenvalue weighted by Crippen LogP contribution is -2.40. The summed E-state index contributed by atoms with van der Waals surface area (Å²) in [6.07, 6.45) is 1.69. The molecule has 1 amide bonds. The van der Waals surface area contributed by atoms with Crippen LogP contribution in [0.15, 0.2) is 35.5 Å². The Labute approximate surface area is 125 Å². The summed E-state index contributed by atoms with van der Waals surface area (Å²) in [7, 11) is 0. The zero-order valence-electron chi connectivity index (χ0n) is 12.8. The van der Waals surface area contributed by atoms with Crippen molar-refractivity contribution in [3.05, 3.63) is 46.7 Å². The van der Waals surface area contributed by atoms with E-state index in [9.17, 15) is 9.59 Å². The quantitative estimate of drug-likeness (QED) is 0.860. The van der Waals surface area contributed by atoms with E-state index in [4.69, 9.17) is 0 Å². The minimum absolute atomic E-state index is 0.0184. The van der Waals surface area contributed by atoms with Crippen LogP contribution in [0.2, 0.25) is 0 Å². The van der Waals surface area contributed by atoms with Gasteiger partial charge < -0.3 is 5.32 Å². The number of nitrogens with one attached hydrogen (secondary N) is 1. The average molecular weight is 283 g/mol. The van der Waals surface area contributed by atoms with Crippen LogP contribution in [0.4, 0.5) is 0 Å². The number of benzene rings is 1. The summed E-state index contributed by atoms with van der Waals surface area (Å²) in [6.45, 7) is 6.20. The molecule has 0 radical (unpaired) electrons. The van der Waals surface area contributed by atoms with Crippen molar-refractivity contribution in [2.75, 3.05) is 0 Å². The molecule has 1 aromatic rings. The Morgan fingerprint density at radius 1 is 1.10 bits per heavy atom. The van der Waals surface area contributed by atoms with Gasteiger partial charge in [0.15, 0.2) is 5.78 Å². The largest absolute Gasteiger partial charge is 0.329 e. The number of carbonyl (C=O) groups excluding carboxylic acids is 2. The first-order valence-electron chi connectivity index (χ1n) is 7.48. The van der Waals surface area contributed by atoms with E-state index in [0.717, 1.165) is 23.3 Å². The first kappa shape index (κ1) is 14.1. The minimum atomic E-state index is -0.0852. The molecule has 2 aliphatic rings. The van der Waals surface area contributed by atoms with Gasteiger partial charge in [-0.05, 0) is 24.3 Å². The van der Waals surface area contributed by atoms with E-state index in [1.54, 1.807) is 0 Å². The normalized spacial score (nSPS) is 24.6. The molecule has 1 aliphatic carbocycles. The van der Waals surface area contributed by atoms with E-state index < -0.39 is 0 Å². The Hall–Kier alpha value is -1.90. The van der Waals surface area contributed by atoms with Crippen LogP contribution in [0, 0.1) is 12.3 Å². The fourth-order valence-corrected chi connectivity index (χ4v) is 3.44. The number of carbonyl (C=O) groups is 2. The fourth-order valence-electron chi connectivity index (χ4n) is 3.44. The van der Waals surface area contributed by atoms with Gasteiger partial charge in [-0.3, -0.25) is 9.59 Å². The van der Waals surface area contributed by atoms with Gasteiger partial charge in [-0.1, -0.05) is 43.7 Å². The van der Waals surface area contributed by atoms with E-state index in [1.807, 2.05) is 31.2 Å². The molecule has 1 aromatic carbocycles. The third-order valence-electron chi connectivity index (χ3n) is 4.43. The van der Waals surface area contributed by atoms with Crippen molar-refractivity contribution < 1.29 is 9.59 Å². The summed E-state index contributed by atoms with van der Waals surface area (Å²) in [6, 6.07) is 8.16. The average Bonchev–Trinajstić information content (AvgIpc) is 2.36. The second kappa shape index (κ2) is 4.83. The van der Waals surface area contributed by atoms with Crippen LogP contribution in [0.5, 0.6) is 0 Å². The molecule has 110 valence electrons. The molecule has 0 saturated heterocycles. The molecule has 0 aromatic heterocycles. The van der Waals surface area contributed by atoms with Crippen LogP contribution in [0.1, 0.15) is 50.2 Å². The molecule has 0 unspecified atom stereocenters. The summed E-state index contributed by atoms with van der Waals surface area (Å²) in [4.78, 5) is 24.6. The Balaban J connectivity index is 2.06. The maximum absolute atomic E-state index is 12.6.